The number of rotatable bonds is 6. The molecule has 0 N–H and O–H groups in total. The van der Waals surface area contributed by atoms with E-state index in [1.165, 1.54) is 19.3 Å². The summed E-state index contributed by atoms with van der Waals surface area (Å²) in [5.41, 5.74) is 0. The molecule has 0 rings (SSSR count). The van der Waals surface area contributed by atoms with Gasteiger partial charge in [0.05, 0.1) is 5.38 Å². The lowest BCUT2D eigenvalue weighted by atomic mass is 10.1. The number of alkyl halides is 2. The maximum absolute atomic E-state index is 5.95. The van der Waals surface area contributed by atoms with E-state index >= 15 is 0 Å². The van der Waals surface area contributed by atoms with Crippen LogP contribution in [0, 0.1) is 0 Å². The van der Waals surface area contributed by atoms with Crippen molar-refractivity contribution in [3.63, 3.8) is 0 Å². The first-order valence-electron chi connectivity index (χ1n) is 4.18. The molecule has 66 valence electrons. The second kappa shape index (κ2) is 8.42. The number of hydrogen-bond donors (Lipinski definition) is 0. The normalized spacial score (nSPS) is 14.1. The van der Waals surface area contributed by atoms with Crippen LogP contribution in [-0.2, 0) is 0 Å². The molecule has 0 aromatic carbocycles. The SMILES string of the molecule is CCCCCC(Cl)C=CCCl. The molecule has 0 radical (unpaired) electrons. The number of halogens is 2. The predicted molar refractivity (Wildman–Crippen MR) is 53.6 cm³/mol. The summed E-state index contributed by atoms with van der Waals surface area (Å²) in [6.45, 7) is 2.19. The van der Waals surface area contributed by atoms with Crippen LogP contribution in [0.3, 0.4) is 0 Å². The van der Waals surface area contributed by atoms with E-state index in [2.05, 4.69) is 6.92 Å². The van der Waals surface area contributed by atoms with Gasteiger partial charge in [-0.2, -0.15) is 0 Å². The molecular formula is C9H16Cl2. The van der Waals surface area contributed by atoms with Gasteiger partial charge in [0.25, 0.3) is 0 Å². The third kappa shape index (κ3) is 8.22. The van der Waals surface area contributed by atoms with Crippen molar-refractivity contribution in [1.29, 1.82) is 0 Å². The van der Waals surface area contributed by atoms with Crippen molar-refractivity contribution in [2.75, 3.05) is 5.88 Å². The van der Waals surface area contributed by atoms with Crippen LogP contribution in [0.15, 0.2) is 12.2 Å². The Kier molecular flexibility index (Phi) is 8.66. The monoisotopic (exact) mass is 194 g/mol. The van der Waals surface area contributed by atoms with Gasteiger partial charge in [0, 0.05) is 5.88 Å². The van der Waals surface area contributed by atoms with Crippen molar-refractivity contribution >= 4 is 23.2 Å². The standard InChI is InChI=1S/C9H16Cl2/c1-2-3-4-6-9(11)7-5-8-10/h5,7,9H,2-4,6,8H2,1H3. The van der Waals surface area contributed by atoms with Crippen molar-refractivity contribution in [3.8, 4) is 0 Å². The molecule has 0 saturated carbocycles. The quantitative estimate of drug-likeness (QED) is 0.341. The van der Waals surface area contributed by atoms with E-state index < -0.39 is 0 Å². The topological polar surface area (TPSA) is 0 Å². The molecule has 0 heterocycles. The van der Waals surface area contributed by atoms with Crippen LogP contribution in [0.4, 0.5) is 0 Å². The van der Waals surface area contributed by atoms with E-state index in [1.54, 1.807) is 0 Å². The Morgan fingerprint density at radius 1 is 1.36 bits per heavy atom. The molecule has 0 nitrogen and oxygen atoms in total. The van der Waals surface area contributed by atoms with Gasteiger partial charge in [-0.3, -0.25) is 0 Å². The van der Waals surface area contributed by atoms with Gasteiger partial charge in [-0.15, -0.1) is 23.2 Å². The second-order valence-electron chi connectivity index (χ2n) is 2.59. The minimum absolute atomic E-state index is 0.181. The highest BCUT2D eigenvalue weighted by Gasteiger charge is 1.97. The fourth-order valence-corrected chi connectivity index (χ4v) is 1.24. The van der Waals surface area contributed by atoms with E-state index in [1.807, 2.05) is 12.2 Å². The van der Waals surface area contributed by atoms with Crippen molar-refractivity contribution in [3.05, 3.63) is 12.2 Å². The third-order valence-electron chi connectivity index (χ3n) is 1.52. The molecule has 0 saturated heterocycles. The second-order valence-corrected chi connectivity index (χ2v) is 3.46. The Hall–Kier alpha value is 0.320. The van der Waals surface area contributed by atoms with E-state index in [0.717, 1.165) is 6.42 Å². The average molecular weight is 195 g/mol. The van der Waals surface area contributed by atoms with Gasteiger partial charge in [-0.05, 0) is 6.42 Å². The molecule has 0 aliphatic rings. The first-order valence-corrected chi connectivity index (χ1v) is 5.15. The van der Waals surface area contributed by atoms with Crippen molar-refractivity contribution in [1.82, 2.24) is 0 Å². The first-order chi connectivity index (χ1) is 5.31. The van der Waals surface area contributed by atoms with Crippen LogP contribution in [0.25, 0.3) is 0 Å². The highest BCUT2D eigenvalue weighted by molar-refractivity contribution is 6.22. The van der Waals surface area contributed by atoms with Crippen LogP contribution < -0.4 is 0 Å². The molecule has 1 unspecified atom stereocenters. The Balaban J connectivity index is 3.21. The maximum atomic E-state index is 5.95. The zero-order valence-corrected chi connectivity index (χ0v) is 8.54. The minimum atomic E-state index is 0.181. The van der Waals surface area contributed by atoms with Gasteiger partial charge in [0.1, 0.15) is 0 Å². The van der Waals surface area contributed by atoms with Crippen LogP contribution >= 0.6 is 23.2 Å². The lowest BCUT2D eigenvalue weighted by Gasteiger charge is -2.01. The van der Waals surface area contributed by atoms with Gasteiger partial charge in [-0.1, -0.05) is 38.3 Å². The number of hydrogen-bond acceptors (Lipinski definition) is 0. The summed E-state index contributed by atoms with van der Waals surface area (Å²) in [7, 11) is 0. The number of allylic oxidation sites excluding steroid dienone is 2. The highest BCUT2D eigenvalue weighted by atomic mass is 35.5. The van der Waals surface area contributed by atoms with E-state index in [0.29, 0.717) is 5.88 Å². The summed E-state index contributed by atoms with van der Waals surface area (Å²) in [6, 6.07) is 0. The molecule has 11 heavy (non-hydrogen) atoms. The third-order valence-corrected chi connectivity index (χ3v) is 2.06. The predicted octanol–water partition coefficient (Wildman–Crippen LogP) is 3.97. The average Bonchev–Trinajstić information content (AvgIpc) is 2.01. The maximum Gasteiger partial charge on any atom is 0.0516 e. The van der Waals surface area contributed by atoms with Gasteiger partial charge in [0.2, 0.25) is 0 Å². The summed E-state index contributed by atoms with van der Waals surface area (Å²) in [4.78, 5) is 0. The Morgan fingerprint density at radius 2 is 2.09 bits per heavy atom. The molecule has 0 amide bonds. The molecular weight excluding hydrogens is 179 g/mol. The lowest BCUT2D eigenvalue weighted by molar-refractivity contribution is 0.677. The zero-order chi connectivity index (χ0) is 8.53. The molecule has 0 aliphatic carbocycles. The largest absolute Gasteiger partial charge is 0.122 e. The molecule has 0 bridgehead atoms. The minimum Gasteiger partial charge on any atom is -0.122 e. The van der Waals surface area contributed by atoms with Crippen LogP contribution in [0.2, 0.25) is 0 Å². The van der Waals surface area contributed by atoms with Crippen molar-refractivity contribution in [2.45, 2.75) is 38.0 Å². The van der Waals surface area contributed by atoms with Gasteiger partial charge in [0.15, 0.2) is 0 Å². The van der Waals surface area contributed by atoms with Crippen LogP contribution in [0.1, 0.15) is 32.6 Å². The van der Waals surface area contributed by atoms with Crippen molar-refractivity contribution in [2.24, 2.45) is 0 Å². The zero-order valence-electron chi connectivity index (χ0n) is 7.02. The Morgan fingerprint density at radius 3 is 2.64 bits per heavy atom. The van der Waals surface area contributed by atoms with Gasteiger partial charge in [-0.25, -0.2) is 0 Å². The molecule has 0 aliphatic heterocycles. The number of unbranched alkanes of at least 4 members (excludes halogenated alkanes) is 2. The fourth-order valence-electron chi connectivity index (χ4n) is 0.885. The molecule has 0 spiro atoms. The van der Waals surface area contributed by atoms with Crippen LogP contribution in [-0.4, -0.2) is 11.3 Å². The molecule has 1 atom stereocenters. The Labute approximate surface area is 79.6 Å². The van der Waals surface area contributed by atoms with Crippen LogP contribution in [0.5, 0.6) is 0 Å². The van der Waals surface area contributed by atoms with Gasteiger partial charge >= 0.3 is 0 Å². The highest BCUT2D eigenvalue weighted by Crippen LogP contribution is 2.10. The lowest BCUT2D eigenvalue weighted by Crippen LogP contribution is -1.92. The Bertz CT molecular complexity index is 99.7. The molecule has 0 fully saturated rings. The van der Waals surface area contributed by atoms with Gasteiger partial charge < -0.3 is 0 Å². The summed E-state index contributed by atoms with van der Waals surface area (Å²) < 4.78 is 0. The first kappa shape index (κ1) is 11.3. The molecule has 0 aromatic rings. The summed E-state index contributed by atoms with van der Waals surface area (Å²) in [5, 5.41) is 0.181. The smallest absolute Gasteiger partial charge is 0.0516 e. The van der Waals surface area contributed by atoms with E-state index in [9.17, 15) is 0 Å². The summed E-state index contributed by atoms with van der Waals surface area (Å²) in [5.74, 6) is 0.566. The van der Waals surface area contributed by atoms with E-state index in [-0.39, 0.29) is 5.38 Å². The molecule has 2 heteroatoms. The van der Waals surface area contributed by atoms with Crippen molar-refractivity contribution < 1.29 is 0 Å². The van der Waals surface area contributed by atoms with E-state index in [4.69, 9.17) is 23.2 Å². The summed E-state index contributed by atoms with van der Waals surface area (Å²) >= 11 is 11.4. The fraction of sp³-hybridized carbons (Fsp3) is 0.778. The molecule has 0 aromatic heterocycles. The summed E-state index contributed by atoms with van der Waals surface area (Å²) in [6.07, 6.45) is 8.70.